The van der Waals surface area contributed by atoms with Gasteiger partial charge in [-0.3, -0.25) is 19.4 Å². The summed E-state index contributed by atoms with van der Waals surface area (Å²) in [4.78, 5) is 46.5. The van der Waals surface area contributed by atoms with Gasteiger partial charge in [0.25, 0.3) is 0 Å². The fraction of sp³-hybridized carbons (Fsp3) is 0.238. The smallest absolute Gasteiger partial charge is 0.317 e. The molecule has 0 amide bonds. The van der Waals surface area contributed by atoms with Gasteiger partial charge in [0.1, 0.15) is 5.92 Å². The predicted octanol–water partition coefficient (Wildman–Crippen LogP) is 3.28. The van der Waals surface area contributed by atoms with Crippen LogP contribution in [-0.4, -0.2) is 28.3 Å². The molecule has 28 heavy (non-hydrogen) atoms. The lowest BCUT2D eigenvalue weighted by atomic mass is 9.74. The zero-order chi connectivity index (χ0) is 19.8. The first kappa shape index (κ1) is 18.4. The van der Waals surface area contributed by atoms with Gasteiger partial charge < -0.3 is 9.72 Å². The minimum absolute atomic E-state index is 0.000000787. The highest BCUT2D eigenvalue weighted by molar-refractivity contribution is 6.31. The van der Waals surface area contributed by atoms with Crippen molar-refractivity contribution in [1.29, 1.82) is 0 Å². The number of nitrogens with one attached hydrogen (secondary N) is 1. The van der Waals surface area contributed by atoms with Crippen LogP contribution in [0.1, 0.15) is 34.6 Å². The maximum atomic E-state index is 13.3. The molecule has 0 aliphatic heterocycles. The van der Waals surface area contributed by atoms with E-state index < -0.39 is 29.0 Å². The monoisotopic (exact) mass is 396 g/mol. The minimum atomic E-state index is -1.11. The lowest BCUT2D eigenvalue weighted by Crippen LogP contribution is -2.40. The molecule has 3 aromatic rings. The molecule has 1 N–H and O–H groups in total. The number of benzene rings is 1. The van der Waals surface area contributed by atoms with Gasteiger partial charge in [-0.15, -0.1) is 0 Å². The van der Waals surface area contributed by atoms with Crippen molar-refractivity contribution in [2.24, 2.45) is 5.92 Å². The van der Waals surface area contributed by atoms with E-state index in [1.54, 1.807) is 43.5 Å². The van der Waals surface area contributed by atoms with Crippen LogP contribution in [0.25, 0.3) is 10.9 Å². The zero-order valence-corrected chi connectivity index (χ0v) is 15.8. The number of Topliss-reactive ketones (excluding diaryl/α,β-unsaturated/α-hetero) is 1. The van der Waals surface area contributed by atoms with E-state index >= 15 is 0 Å². The van der Waals surface area contributed by atoms with E-state index in [9.17, 15) is 14.4 Å². The zero-order valence-electron chi connectivity index (χ0n) is 15.1. The molecular weight excluding hydrogens is 380 g/mol. The minimum Gasteiger partial charge on any atom is -0.465 e. The van der Waals surface area contributed by atoms with E-state index in [2.05, 4.69) is 9.97 Å². The summed E-state index contributed by atoms with van der Waals surface area (Å²) >= 11 is 6.01. The Balaban J connectivity index is 1.93. The number of fused-ring (bicyclic) bond motifs is 2. The van der Waals surface area contributed by atoms with E-state index in [1.165, 1.54) is 6.07 Å². The number of pyridine rings is 2. The number of hydrogen-bond acceptors (Lipinski definition) is 5. The number of aromatic nitrogens is 2. The number of hydrogen-bond donors (Lipinski definition) is 1. The molecule has 0 radical (unpaired) electrons. The van der Waals surface area contributed by atoms with Gasteiger partial charge in [-0.2, -0.15) is 0 Å². The second kappa shape index (κ2) is 7.20. The molecule has 2 aromatic heterocycles. The quantitative estimate of drug-likeness (QED) is 0.542. The van der Waals surface area contributed by atoms with Crippen molar-refractivity contribution >= 4 is 34.3 Å². The van der Waals surface area contributed by atoms with E-state index in [1.807, 2.05) is 0 Å². The first-order valence-corrected chi connectivity index (χ1v) is 9.35. The van der Waals surface area contributed by atoms with Crippen LogP contribution in [0, 0.1) is 5.92 Å². The standard InChI is InChI=1S/C21H17ClN2O4/c1-2-28-21(27)17-12(14-5-3-4-8-23-14)10-16-18(20(17)26)19(25)13-9-11(22)6-7-15(13)24-16/h3-9,12,17H,2,10H2,1H3,(H,24,25). The molecule has 4 rings (SSSR count). The number of H-pyrrole nitrogens is 1. The van der Waals surface area contributed by atoms with Crippen molar-refractivity contribution in [1.82, 2.24) is 9.97 Å². The Morgan fingerprint density at radius 2 is 2.11 bits per heavy atom. The fourth-order valence-electron chi connectivity index (χ4n) is 3.77. The molecule has 0 saturated heterocycles. The summed E-state index contributed by atoms with van der Waals surface area (Å²) in [5, 5.41) is 0.716. The summed E-state index contributed by atoms with van der Waals surface area (Å²) in [5.74, 6) is -2.81. The molecule has 2 atom stereocenters. The van der Waals surface area contributed by atoms with Crippen LogP contribution in [0.15, 0.2) is 47.4 Å². The third-order valence-electron chi connectivity index (χ3n) is 5.00. The number of ketones is 1. The largest absolute Gasteiger partial charge is 0.465 e. The highest BCUT2D eigenvalue weighted by atomic mass is 35.5. The Hall–Kier alpha value is -2.99. The molecule has 0 fully saturated rings. The number of nitrogens with zero attached hydrogens (tertiary/aromatic N) is 1. The molecule has 142 valence electrons. The number of ether oxygens (including phenoxy) is 1. The molecule has 0 spiro atoms. The van der Waals surface area contributed by atoms with Crippen molar-refractivity contribution in [2.75, 3.05) is 6.61 Å². The molecule has 0 bridgehead atoms. The van der Waals surface area contributed by atoms with Gasteiger partial charge in [0, 0.05) is 39.4 Å². The summed E-state index contributed by atoms with van der Waals surface area (Å²) in [6.07, 6.45) is 1.91. The van der Waals surface area contributed by atoms with E-state index in [-0.39, 0.29) is 12.2 Å². The van der Waals surface area contributed by atoms with Gasteiger partial charge in [0.05, 0.1) is 12.2 Å². The number of carbonyl (C=O) groups is 2. The molecule has 2 heterocycles. The molecule has 0 saturated carbocycles. The normalized spacial score (nSPS) is 18.7. The lowest BCUT2D eigenvalue weighted by molar-refractivity contribution is -0.147. The van der Waals surface area contributed by atoms with Crippen LogP contribution in [0.4, 0.5) is 0 Å². The maximum Gasteiger partial charge on any atom is 0.317 e. The second-order valence-electron chi connectivity index (χ2n) is 6.66. The van der Waals surface area contributed by atoms with Gasteiger partial charge in [-0.05, 0) is 43.7 Å². The van der Waals surface area contributed by atoms with Crippen LogP contribution >= 0.6 is 11.6 Å². The van der Waals surface area contributed by atoms with Gasteiger partial charge in [0.2, 0.25) is 5.43 Å². The van der Waals surface area contributed by atoms with Crippen LogP contribution in [-0.2, 0) is 16.0 Å². The maximum absolute atomic E-state index is 13.3. The Labute approximate surface area is 165 Å². The number of rotatable bonds is 3. The Kier molecular flexibility index (Phi) is 4.73. The Morgan fingerprint density at radius 1 is 1.29 bits per heavy atom. The molecule has 2 unspecified atom stereocenters. The molecule has 6 nitrogen and oxygen atoms in total. The number of carbonyl (C=O) groups excluding carboxylic acids is 2. The third kappa shape index (κ3) is 2.99. The fourth-order valence-corrected chi connectivity index (χ4v) is 3.95. The topological polar surface area (TPSA) is 89.1 Å². The van der Waals surface area contributed by atoms with Crippen molar-refractivity contribution in [3.63, 3.8) is 0 Å². The van der Waals surface area contributed by atoms with Gasteiger partial charge in [0.15, 0.2) is 5.78 Å². The summed E-state index contributed by atoms with van der Waals surface area (Å²) in [6.45, 7) is 1.82. The van der Waals surface area contributed by atoms with Gasteiger partial charge in [-0.25, -0.2) is 0 Å². The Bertz CT molecular complexity index is 1140. The molecular formula is C21H17ClN2O4. The molecule has 7 heteroatoms. The van der Waals surface area contributed by atoms with Gasteiger partial charge >= 0.3 is 5.97 Å². The Morgan fingerprint density at radius 3 is 2.82 bits per heavy atom. The van der Waals surface area contributed by atoms with Crippen LogP contribution in [0.3, 0.4) is 0 Å². The summed E-state index contributed by atoms with van der Waals surface area (Å²) in [6, 6.07) is 10.2. The summed E-state index contributed by atoms with van der Waals surface area (Å²) in [5.41, 5.74) is 1.28. The molecule has 1 aliphatic carbocycles. The van der Waals surface area contributed by atoms with E-state index in [0.29, 0.717) is 33.7 Å². The van der Waals surface area contributed by atoms with E-state index in [0.717, 1.165) is 0 Å². The number of aromatic amines is 1. The summed E-state index contributed by atoms with van der Waals surface area (Å²) < 4.78 is 5.14. The number of esters is 1. The van der Waals surface area contributed by atoms with Crippen molar-refractivity contribution in [3.05, 3.63) is 74.8 Å². The SMILES string of the molecule is CCOC(=O)C1C(=O)c2c([nH]c3ccc(Cl)cc3c2=O)CC1c1ccccn1. The van der Waals surface area contributed by atoms with Crippen molar-refractivity contribution in [3.8, 4) is 0 Å². The van der Waals surface area contributed by atoms with Crippen LogP contribution in [0.5, 0.6) is 0 Å². The third-order valence-corrected chi connectivity index (χ3v) is 5.24. The van der Waals surface area contributed by atoms with Crippen molar-refractivity contribution < 1.29 is 14.3 Å². The molecule has 1 aromatic carbocycles. The van der Waals surface area contributed by atoms with Crippen LogP contribution in [0.2, 0.25) is 5.02 Å². The highest BCUT2D eigenvalue weighted by Crippen LogP contribution is 2.36. The highest BCUT2D eigenvalue weighted by Gasteiger charge is 2.44. The summed E-state index contributed by atoms with van der Waals surface area (Å²) in [7, 11) is 0. The second-order valence-corrected chi connectivity index (χ2v) is 7.09. The van der Waals surface area contributed by atoms with E-state index in [4.69, 9.17) is 16.3 Å². The average Bonchev–Trinajstić information content (AvgIpc) is 2.69. The van der Waals surface area contributed by atoms with Crippen LogP contribution < -0.4 is 5.43 Å². The van der Waals surface area contributed by atoms with Gasteiger partial charge in [-0.1, -0.05) is 17.7 Å². The first-order valence-electron chi connectivity index (χ1n) is 8.97. The molecule has 1 aliphatic rings. The first-order chi connectivity index (χ1) is 13.5. The lowest BCUT2D eigenvalue weighted by Gasteiger charge is -2.29. The average molecular weight is 397 g/mol. The van der Waals surface area contributed by atoms with Crippen molar-refractivity contribution in [2.45, 2.75) is 19.3 Å². The predicted molar refractivity (Wildman–Crippen MR) is 105 cm³/mol. The number of halogens is 1.